The van der Waals surface area contributed by atoms with Crippen LogP contribution in [0.2, 0.25) is 0 Å². The molecule has 1 aliphatic heterocycles. The first-order chi connectivity index (χ1) is 15.1. The van der Waals surface area contributed by atoms with Gasteiger partial charge in [-0.1, -0.05) is 0 Å². The summed E-state index contributed by atoms with van der Waals surface area (Å²) in [4.78, 5) is 25.2. The van der Waals surface area contributed by atoms with Gasteiger partial charge in [0.2, 0.25) is 0 Å². The van der Waals surface area contributed by atoms with Crippen molar-refractivity contribution in [1.82, 2.24) is 9.47 Å². The SMILES string of the molecule is CN(CCCC=O)C(=O)c1ccc2c(c1)c1c(n2CCF)CCC(C2CCOCC2)C1. The van der Waals surface area contributed by atoms with Crippen molar-refractivity contribution < 1.29 is 18.7 Å². The minimum Gasteiger partial charge on any atom is -0.381 e. The largest absolute Gasteiger partial charge is 0.381 e. The second kappa shape index (κ2) is 9.94. The number of alkyl halides is 1. The van der Waals surface area contributed by atoms with Crippen LogP contribution in [0.15, 0.2) is 18.2 Å². The van der Waals surface area contributed by atoms with Gasteiger partial charge in [0.25, 0.3) is 5.91 Å². The molecule has 1 atom stereocenters. The number of rotatable bonds is 8. The molecule has 0 spiro atoms. The first-order valence-electron chi connectivity index (χ1n) is 11.6. The van der Waals surface area contributed by atoms with Crippen LogP contribution in [0.4, 0.5) is 4.39 Å². The zero-order chi connectivity index (χ0) is 21.8. The third-order valence-corrected chi connectivity index (χ3v) is 7.15. The average molecular weight is 429 g/mol. The lowest BCUT2D eigenvalue weighted by Gasteiger charge is -2.33. The molecule has 1 aromatic heterocycles. The molecule has 1 amide bonds. The quantitative estimate of drug-likeness (QED) is 0.468. The summed E-state index contributed by atoms with van der Waals surface area (Å²) in [5.41, 5.74) is 4.26. The molecule has 0 saturated carbocycles. The predicted molar refractivity (Wildman–Crippen MR) is 119 cm³/mol. The molecule has 31 heavy (non-hydrogen) atoms. The topological polar surface area (TPSA) is 51.5 Å². The van der Waals surface area contributed by atoms with E-state index in [0.29, 0.717) is 43.3 Å². The number of hydrogen-bond acceptors (Lipinski definition) is 3. The van der Waals surface area contributed by atoms with Crippen LogP contribution in [0, 0.1) is 11.8 Å². The predicted octanol–water partition coefficient (Wildman–Crippen LogP) is 4.19. The highest BCUT2D eigenvalue weighted by molar-refractivity contribution is 5.99. The average Bonchev–Trinajstić information content (AvgIpc) is 3.12. The standard InChI is InChI=1S/C25H33FN2O3/c1-27(11-2-3-13-29)25(30)20-5-7-24-22(17-20)21-16-19(18-8-14-31-15-9-18)4-6-23(21)28(24)12-10-26/h5,7,13,17-19H,2-4,6,8-12,14-16H2,1H3. The monoisotopic (exact) mass is 428 g/mol. The van der Waals surface area contributed by atoms with Gasteiger partial charge in [0.15, 0.2) is 0 Å². The maximum Gasteiger partial charge on any atom is 0.253 e. The summed E-state index contributed by atoms with van der Waals surface area (Å²) in [6.07, 6.45) is 7.39. The van der Waals surface area contributed by atoms with Crippen molar-refractivity contribution in [2.24, 2.45) is 11.8 Å². The van der Waals surface area contributed by atoms with Gasteiger partial charge in [-0.25, -0.2) is 4.39 Å². The van der Waals surface area contributed by atoms with Crippen LogP contribution in [0.1, 0.15) is 53.7 Å². The van der Waals surface area contributed by atoms with Gasteiger partial charge in [0.05, 0.1) is 6.54 Å². The van der Waals surface area contributed by atoms with Gasteiger partial charge in [-0.3, -0.25) is 4.79 Å². The molecule has 1 unspecified atom stereocenters. The molecule has 2 aliphatic rings. The van der Waals surface area contributed by atoms with Gasteiger partial charge in [-0.2, -0.15) is 0 Å². The van der Waals surface area contributed by atoms with Crippen molar-refractivity contribution in [3.63, 3.8) is 0 Å². The molecule has 6 heteroatoms. The number of aldehydes is 1. The maximum atomic E-state index is 13.4. The van der Waals surface area contributed by atoms with E-state index in [-0.39, 0.29) is 12.6 Å². The molecule has 0 bridgehead atoms. The Morgan fingerprint density at radius 3 is 2.81 bits per heavy atom. The number of fused-ring (bicyclic) bond motifs is 3. The van der Waals surface area contributed by atoms with E-state index in [9.17, 15) is 14.0 Å². The summed E-state index contributed by atoms with van der Waals surface area (Å²) in [6, 6.07) is 5.85. The minimum atomic E-state index is -0.389. The van der Waals surface area contributed by atoms with Gasteiger partial charge in [-0.15, -0.1) is 0 Å². The van der Waals surface area contributed by atoms with Crippen LogP contribution >= 0.6 is 0 Å². The maximum absolute atomic E-state index is 13.4. The third kappa shape index (κ3) is 4.54. The van der Waals surface area contributed by atoms with Crippen molar-refractivity contribution in [1.29, 1.82) is 0 Å². The Balaban J connectivity index is 1.64. The van der Waals surface area contributed by atoms with Crippen molar-refractivity contribution in [2.75, 3.05) is 33.5 Å². The molecular formula is C25H33FN2O3. The van der Waals surface area contributed by atoms with E-state index < -0.39 is 0 Å². The molecule has 168 valence electrons. The summed E-state index contributed by atoms with van der Waals surface area (Å²) < 4.78 is 21.1. The van der Waals surface area contributed by atoms with E-state index in [2.05, 4.69) is 4.57 Å². The number of aryl methyl sites for hydroxylation is 1. The number of benzene rings is 1. The molecule has 0 N–H and O–H groups in total. The molecule has 0 radical (unpaired) electrons. The highest BCUT2D eigenvalue weighted by Gasteiger charge is 2.31. The number of unbranched alkanes of at least 4 members (excludes halogenated alkanes) is 1. The van der Waals surface area contributed by atoms with Crippen LogP contribution in [0.3, 0.4) is 0 Å². The highest BCUT2D eigenvalue weighted by Crippen LogP contribution is 2.39. The van der Waals surface area contributed by atoms with E-state index >= 15 is 0 Å². The van der Waals surface area contributed by atoms with Gasteiger partial charge in [-0.05, 0) is 74.1 Å². The first-order valence-corrected chi connectivity index (χ1v) is 11.6. The molecule has 4 rings (SSSR count). The Morgan fingerprint density at radius 2 is 2.06 bits per heavy atom. The van der Waals surface area contributed by atoms with Gasteiger partial charge < -0.3 is 19.0 Å². The van der Waals surface area contributed by atoms with E-state index in [1.807, 2.05) is 18.2 Å². The van der Waals surface area contributed by atoms with Crippen LogP contribution in [-0.4, -0.2) is 55.1 Å². The van der Waals surface area contributed by atoms with Crippen LogP contribution in [0.5, 0.6) is 0 Å². The molecular weight excluding hydrogens is 395 g/mol. The second-order valence-corrected chi connectivity index (χ2v) is 8.99. The summed E-state index contributed by atoms with van der Waals surface area (Å²) in [6.45, 7) is 2.24. The number of halogens is 1. The molecule has 1 aliphatic carbocycles. The molecule has 5 nitrogen and oxygen atoms in total. The van der Waals surface area contributed by atoms with E-state index in [1.54, 1.807) is 11.9 Å². The van der Waals surface area contributed by atoms with Crippen LogP contribution in [-0.2, 0) is 28.9 Å². The molecule has 2 heterocycles. The minimum absolute atomic E-state index is 0.0309. The fourth-order valence-electron chi connectivity index (χ4n) is 5.47. The third-order valence-electron chi connectivity index (χ3n) is 7.15. The van der Waals surface area contributed by atoms with Crippen LogP contribution in [0.25, 0.3) is 10.9 Å². The fraction of sp³-hybridized carbons (Fsp3) is 0.600. The smallest absolute Gasteiger partial charge is 0.253 e. The lowest BCUT2D eigenvalue weighted by molar-refractivity contribution is -0.108. The van der Waals surface area contributed by atoms with Crippen molar-refractivity contribution in [3.8, 4) is 0 Å². The Morgan fingerprint density at radius 1 is 1.26 bits per heavy atom. The number of ether oxygens (including phenoxy) is 1. The van der Waals surface area contributed by atoms with Crippen molar-refractivity contribution >= 4 is 23.1 Å². The number of hydrogen-bond donors (Lipinski definition) is 0. The Labute approximate surface area is 183 Å². The van der Waals surface area contributed by atoms with E-state index in [1.165, 1.54) is 11.3 Å². The fourth-order valence-corrected chi connectivity index (χ4v) is 5.47. The Kier molecular flexibility index (Phi) is 7.06. The number of amides is 1. The summed E-state index contributed by atoms with van der Waals surface area (Å²) in [5, 5.41) is 1.10. The number of nitrogens with zero attached hydrogens (tertiary/aromatic N) is 2. The summed E-state index contributed by atoms with van der Waals surface area (Å²) in [5.74, 6) is 1.29. The molecule has 1 saturated heterocycles. The summed E-state index contributed by atoms with van der Waals surface area (Å²) >= 11 is 0. The molecule has 1 fully saturated rings. The molecule has 2 aromatic rings. The number of carbonyl (C=O) groups is 2. The number of carbonyl (C=O) groups excluding carboxylic acids is 2. The van der Waals surface area contributed by atoms with Crippen LogP contribution < -0.4 is 0 Å². The summed E-state index contributed by atoms with van der Waals surface area (Å²) in [7, 11) is 1.78. The van der Waals surface area contributed by atoms with Gasteiger partial charge in [0.1, 0.15) is 13.0 Å². The van der Waals surface area contributed by atoms with Crippen molar-refractivity contribution in [2.45, 2.75) is 51.5 Å². The normalized spacial score (nSPS) is 19.4. The zero-order valence-electron chi connectivity index (χ0n) is 18.4. The highest BCUT2D eigenvalue weighted by atomic mass is 19.1. The second-order valence-electron chi connectivity index (χ2n) is 8.99. The van der Waals surface area contributed by atoms with E-state index in [0.717, 1.165) is 62.5 Å². The van der Waals surface area contributed by atoms with Gasteiger partial charge >= 0.3 is 0 Å². The van der Waals surface area contributed by atoms with Gasteiger partial charge in [0, 0.05) is 55.4 Å². The Hall–Kier alpha value is -2.21. The Bertz CT molecular complexity index is 932. The zero-order valence-corrected chi connectivity index (χ0v) is 18.4. The van der Waals surface area contributed by atoms with E-state index in [4.69, 9.17) is 4.74 Å². The first kappa shape index (κ1) is 22.0. The number of aromatic nitrogens is 1. The lowest BCUT2D eigenvalue weighted by Crippen LogP contribution is -2.28. The van der Waals surface area contributed by atoms with Crippen molar-refractivity contribution in [3.05, 3.63) is 35.0 Å². The molecule has 1 aromatic carbocycles. The lowest BCUT2D eigenvalue weighted by atomic mass is 9.75.